The Bertz CT molecular complexity index is 1080. The monoisotopic (exact) mass is 307 g/mol. The van der Waals surface area contributed by atoms with Gasteiger partial charge in [0.1, 0.15) is 0 Å². The second-order valence-electron chi connectivity index (χ2n) is 5.38. The molecule has 0 bridgehead atoms. The van der Waals surface area contributed by atoms with Crippen LogP contribution in [0, 0.1) is 0 Å². The van der Waals surface area contributed by atoms with Gasteiger partial charge in [0.05, 0.1) is 10.6 Å². The highest BCUT2D eigenvalue weighted by atomic mass is 16.2. The molecule has 5 heteroatoms. The minimum Gasteiger partial charge on any atom is -0.360 e. The van der Waals surface area contributed by atoms with Crippen LogP contribution in [-0.2, 0) is 14.1 Å². The Hall–Kier alpha value is -3.08. The van der Waals surface area contributed by atoms with Gasteiger partial charge in [-0.25, -0.2) is 4.79 Å². The molecular weight excluding hydrogens is 290 g/mol. The topological polar surface area (TPSA) is 56.0 Å². The Balaban J connectivity index is 2.20. The van der Waals surface area contributed by atoms with Crippen LogP contribution >= 0.6 is 0 Å². The number of nitrogens with one attached hydrogen (secondary N) is 1. The number of hydrogen-bond donors (Lipinski definition) is 1. The lowest BCUT2D eigenvalue weighted by molar-refractivity contribution is 0.661. The third-order valence-electron chi connectivity index (χ3n) is 3.99. The normalized spacial score (nSPS) is 11.8. The van der Waals surface area contributed by atoms with Gasteiger partial charge < -0.3 is 5.32 Å². The van der Waals surface area contributed by atoms with Crippen LogP contribution in [0.3, 0.4) is 0 Å². The van der Waals surface area contributed by atoms with Crippen molar-refractivity contribution in [1.29, 1.82) is 0 Å². The summed E-state index contributed by atoms with van der Waals surface area (Å²) in [5.41, 5.74) is 0.131. The molecule has 0 aliphatic heterocycles. The number of hydrogen-bond acceptors (Lipinski definition) is 3. The van der Waals surface area contributed by atoms with E-state index in [1.54, 1.807) is 13.2 Å². The Morgan fingerprint density at radius 1 is 1.00 bits per heavy atom. The first-order chi connectivity index (χ1) is 11.0. The molecule has 0 spiro atoms. The standard InChI is InChI=1S/C18H17N3O2/c1-12-15(17(22)21(3)18(23)20(12)2)11-19-16-10-6-8-13-7-4-5-9-14(13)16/h4-11,19H,1H2,2-3H3/b15-11-. The van der Waals surface area contributed by atoms with E-state index in [1.165, 1.54) is 11.6 Å². The van der Waals surface area contributed by atoms with E-state index in [2.05, 4.69) is 11.9 Å². The number of fused-ring (bicyclic) bond motifs is 1. The molecule has 5 nitrogen and oxygen atoms in total. The van der Waals surface area contributed by atoms with E-state index in [4.69, 9.17) is 0 Å². The molecule has 0 atom stereocenters. The minimum absolute atomic E-state index is 0.363. The fraction of sp³-hybridized carbons (Fsp3) is 0.111. The van der Waals surface area contributed by atoms with Gasteiger partial charge in [0.25, 0.3) is 5.56 Å². The Morgan fingerprint density at radius 3 is 2.48 bits per heavy atom. The van der Waals surface area contributed by atoms with Crippen LogP contribution in [0.5, 0.6) is 0 Å². The van der Waals surface area contributed by atoms with Gasteiger partial charge in [0.15, 0.2) is 0 Å². The smallest absolute Gasteiger partial charge is 0.330 e. The summed E-state index contributed by atoms with van der Waals surface area (Å²) in [6.07, 6.45) is 1.60. The van der Waals surface area contributed by atoms with Gasteiger partial charge >= 0.3 is 5.69 Å². The molecule has 0 amide bonds. The summed E-state index contributed by atoms with van der Waals surface area (Å²) in [6.45, 7) is 3.84. The molecule has 23 heavy (non-hydrogen) atoms. The van der Waals surface area contributed by atoms with Gasteiger partial charge in [-0.15, -0.1) is 0 Å². The van der Waals surface area contributed by atoms with Crippen LogP contribution in [-0.4, -0.2) is 9.13 Å². The van der Waals surface area contributed by atoms with Crippen molar-refractivity contribution < 1.29 is 0 Å². The average Bonchev–Trinajstić information content (AvgIpc) is 2.58. The summed E-state index contributed by atoms with van der Waals surface area (Å²) < 4.78 is 2.43. The molecule has 2 aromatic carbocycles. The Labute approximate surface area is 132 Å². The lowest BCUT2D eigenvalue weighted by Gasteiger charge is -2.07. The van der Waals surface area contributed by atoms with E-state index in [0.717, 1.165) is 21.0 Å². The molecule has 0 fully saturated rings. The molecule has 0 saturated heterocycles. The first-order valence-corrected chi connectivity index (χ1v) is 7.20. The van der Waals surface area contributed by atoms with Gasteiger partial charge in [-0.05, 0) is 11.5 Å². The zero-order valence-electron chi connectivity index (χ0n) is 13.0. The van der Waals surface area contributed by atoms with Gasteiger partial charge in [-0.2, -0.15) is 0 Å². The molecule has 0 unspecified atom stereocenters. The van der Waals surface area contributed by atoms with Crippen LogP contribution in [0.15, 0.2) is 52.1 Å². The van der Waals surface area contributed by atoms with E-state index < -0.39 is 0 Å². The average molecular weight is 307 g/mol. The molecule has 1 aromatic heterocycles. The van der Waals surface area contributed by atoms with Gasteiger partial charge in [0, 0.05) is 31.4 Å². The summed E-state index contributed by atoms with van der Waals surface area (Å²) in [4.78, 5) is 24.1. The SMILES string of the molecule is C=c1/c(=C/Nc2cccc3ccccc23)c(=O)n(C)c(=O)n1C. The van der Waals surface area contributed by atoms with Crippen molar-refractivity contribution in [2.24, 2.45) is 14.1 Å². The number of nitrogens with zero attached hydrogens (tertiary/aromatic N) is 2. The first-order valence-electron chi connectivity index (χ1n) is 7.20. The lowest BCUT2D eigenvalue weighted by atomic mass is 10.1. The van der Waals surface area contributed by atoms with Crippen molar-refractivity contribution in [2.45, 2.75) is 0 Å². The lowest BCUT2D eigenvalue weighted by Crippen LogP contribution is -2.56. The minimum atomic E-state index is -0.387. The predicted molar refractivity (Wildman–Crippen MR) is 93.7 cm³/mol. The van der Waals surface area contributed by atoms with Crippen LogP contribution in [0.4, 0.5) is 5.69 Å². The van der Waals surface area contributed by atoms with Crippen molar-refractivity contribution in [3.05, 3.63) is 73.9 Å². The first kappa shape index (κ1) is 14.8. The second-order valence-corrected chi connectivity index (χ2v) is 5.38. The number of anilines is 1. The zero-order chi connectivity index (χ0) is 16.6. The van der Waals surface area contributed by atoms with Gasteiger partial charge in [0.2, 0.25) is 0 Å². The molecule has 3 rings (SSSR count). The molecule has 1 N–H and O–H groups in total. The van der Waals surface area contributed by atoms with Crippen LogP contribution in [0.2, 0.25) is 0 Å². The third-order valence-corrected chi connectivity index (χ3v) is 3.99. The maximum Gasteiger partial charge on any atom is 0.330 e. The molecule has 1 heterocycles. The number of benzene rings is 2. The molecule has 0 radical (unpaired) electrons. The van der Waals surface area contributed by atoms with Crippen LogP contribution in [0.1, 0.15) is 0 Å². The van der Waals surface area contributed by atoms with E-state index >= 15 is 0 Å². The summed E-state index contributed by atoms with van der Waals surface area (Å²) in [5, 5.41) is 6.07. The van der Waals surface area contributed by atoms with Crippen molar-refractivity contribution in [3.8, 4) is 0 Å². The maximum absolute atomic E-state index is 12.3. The molecular formula is C18H17N3O2. The van der Waals surface area contributed by atoms with Crippen molar-refractivity contribution in [3.63, 3.8) is 0 Å². The third kappa shape index (κ3) is 2.46. The molecule has 116 valence electrons. The van der Waals surface area contributed by atoms with Crippen molar-refractivity contribution in [1.82, 2.24) is 9.13 Å². The van der Waals surface area contributed by atoms with E-state index in [1.807, 2.05) is 42.5 Å². The number of rotatable bonds is 2. The Kier molecular flexibility index (Phi) is 3.62. The quantitative estimate of drug-likeness (QED) is 0.750. The molecule has 3 aromatic rings. The van der Waals surface area contributed by atoms with Gasteiger partial charge in [-0.1, -0.05) is 43.0 Å². The van der Waals surface area contributed by atoms with Crippen molar-refractivity contribution >= 4 is 29.2 Å². The van der Waals surface area contributed by atoms with Crippen LogP contribution < -0.4 is 27.1 Å². The molecule has 0 aliphatic rings. The molecule has 0 aliphatic carbocycles. The predicted octanol–water partition coefficient (Wildman–Crippen LogP) is 0.498. The van der Waals surface area contributed by atoms with Crippen molar-refractivity contribution in [2.75, 3.05) is 5.32 Å². The fourth-order valence-corrected chi connectivity index (χ4v) is 2.56. The van der Waals surface area contributed by atoms with E-state index in [0.29, 0.717) is 10.6 Å². The van der Waals surface area contributed by atoms with E-state index in [9.17, 15) is 9.59 Å². The summed E-state index contributed by atoms with van der Waals surface area (Å²) in [5.74, 6) is 0. The van der Waals surface area contributed by atoms with Gasteiger partial charge in [-0.3, -0.25) is 13.9 Å². The fourth-order valence-electron chi connectivity index (χ4n) is 2.56. The van der Waals surface area contributed by atoms with Crippen LogP contribution in [0.25, 0.3) is 23.6 Å². The number of aromatic nitrogens is 2. The largest absolute Gasteiger partial charge is 0.360 e. The Morgan fingerprint density at radius 2 is 1.70 bits per heavy atom. The zero-order valence-corrected chi connectivity index (χ0v) is 13.0. The molecule has 0 saturated carbocycles. The van der Waals surface area contributed by atoms with E-state index in [-0.39, 0.29) is 11.2 Å². The second kappa shape index (κ2) is 5.61. The maximum atomic E-state index is 12.3. The summed E-state index contributed by atoms with van der Waals surface area (Å²) in [6, 6.07) is 13.9. The highest BCUT2D eigenvalue weighted by molar-refractivity contribution is 5.94. The highest BCUT2D eigenvalue weighted by Gasteiger charge is 2.03. The highest BCUT2D eigenvalue weighted by Crippen LogP contribution is 2.22. The summed E-state index contributed by atoms with van der Waals surface area (Å²) >= 11 is 0. The summed E-state index contributed by atoms with van der Waals surface area (Å²) in [7, 11) is 3.05.